The third-order valence-corrected chi connectivity index (χ3v) is 3.62. The van der Waals surface area contributed by atoms with E-state index in [1.165, 1.54) is 26.4 Å². The normalized spacial score (nSPS) is 9.96. The Morgan fingerprint density at radius 1 is 0.962 bits per heavy atom. The molecule has 2 rings (SSSR count). The molecule has 26 heavy (non-hydrogen) atoms. The Labute approximate surface area is 155 Å². The van der Waals surface area contributed by atoms with Crippen molar-refractivity contribution in [2.24, 2.45) is 0 Å². The van der Waals surface area contributed by atoms with E-state index in [1.54, 1.807) is 30.3 Å². The van der Waals surface area contributed by atoms with Crippen molar-refractivity contribution in [1.82, 2.24) is 0 Å². The average molecular weight is 377 g/mol. The van der Waals surface area contributed by atoms with E-state index in [0.29, 0.717) is 27.7 Å². The van der Waals surface area contributed by atoms with Gasteiger partial charge in [0.2, 0.25) is 11.8 Å². The summed E-state index contributed by atoms with van der Waals surface area (Å²) < 4.78 is 9.65. The molecule has 0 bridgehead atoms. The molecule has 7 nitrogen and oxygen atoms in total. The minimum atomic E-state index is -0.524. The third kappa shape index (κ3) is 5.22. The Morgan fingerprint density at radius 2 is 1.62 bits per heavy atom. The Hall–Kier alpha value is -3.06. The number of rotatable bonds is 6. The molecule has 0 fully saturated rings. The van der Waals surface area contributed by atoms with Gasteiger partial charge in [0.1, 0.15) is 12.2 Å². The first-order chi connectivity index (χ1) is 12.4. The van der Waals surface area contributed by atoms with E-state index in [4.69, 9.17) is 16.3 Å². The zero-order chi connectivity index (χ0) is 19.1. The molecule has 0 heterocycles. The van der Waals surface area contributed by atoms with Crippen LogP contribution in [0.4, 0.5) is 11.4 Å². The molecule has 2 N–H and O–H groups in total. The zero-order valence-corrected chi connectivity index (χ0v) is 14.9. The molecule has 0 saturated heterocycles. The largest absolute Gasteiger partial charge is 0.495 e. The highest BCUT2D eigenvalue weighted by molar-refractivity contribution is 6.32. The topological polar surface area (TPSA) is 93.7 Å². The highest BCUT2D eigenvalue weighted by Crippen LogP contribution is 2.27. The van der Waals surface area contributed by atoms with E-state index in [2.05, 4.69) is 15.4 Å². The van der Waals surface area contributed by atoms with Crippen LogP contribution in [0.2, 0.25) is 5.02 Å². The summed E-state index contributed by atoms with van der Waals surface area (Å²) >= 11 is 5.98. The fraction of sp³-hybridized carbons (Fsp3) is 0.167. The number of hydrogen-bond donors (Lipinski definition) is 2. The number of ether oxygens (including phenoxy) is 2. The van der Waals surface area contributed by atoms with Crippen LogP contribution in [0.1, 0.15) is 16.8 Å². The molecule has 0 aliphatic heterocycles. The first-order valence-corrected chi connectivity index (χ1v) is 7.92. The van der Waals surface area contributed by atoms with Gasteiger partial charge >= 0.3 is 5.97 Å². The van der Waals surface area contributed by atoms with Crippen LogP contribution in [0.5, 0.6) is 5.75 Å². The number of benzene rings is 2. The molecule has 0 aliphatic carbocycles. The van der Waals surface area contributed by atoms with Crippen LogP contribution < -0.4 is 15.4 Å². The van der Waals surface area contributed by atoms with Gasteiger partial charge in [0, 0.05) is 11.4 Å². The van der Waals surface area contributed by atoms with Crippen LogP contribution in [0, 0.1) is 0 Å². The smallest absolute Gasteiger partial charge is 0.337 e. The van der Waals surface area contributed by atoms with Crippen LogP contribution in [-0.4, -0.2) is 32.0 Å². The molecule has 0 unspecified atom stereocenters. The van der Waals surface area contributed by atoms with Crippen LogP contribution in [0.25, 0.3) is 0 Å². The minimum Gasteiger partial charge on any atom is -0.495 e. The van der Waals surface area contributed by atoms with Gasteiger partial charge in [0.25, 0.3) is 0 Å². The van der Waals surface area contributed by atoms with Gasteiger partial charge in [0.05, 0.1) is 24.8 Å². The maximum atomic E-state index is 12.0. The Kier molecular flexibility index (Phi) is 6.57. The summed E-state index contributed by atoms with van der Waals surface area (Å²) in [6, 6.07) is 11.0. The van der Waals surface area contributed by atoms with Crippen molar-refractivity contribution >= 4 is 40.8 Å². The third-order valence-electron chi connectivity index (χ3n) is 3.32. The molecular formula is C18H17ClN2O5. The Bertz CT molecular complexity index is 838. The lowest BCUT2D eigenvalue weighted by Gasteiger charge is -2.09. The number of esters is 1. The highest BCUT2D eigenvalue weighted by atomic mass is 35.5. The second kappa shape index (κ2) is 8.87. The van der Waals surface area contributed by atoms with Crippen molar-refractivity contribution in [2.75, 3.05) is 24.9 Å². The molecular weight excluding hydrogens is 360 g/mol. The lowest BCUT2D eigenvalue weighted by atomic mass is 10.2. The van der Waals surface area contributed by atoms with Gasteiger partial charge in [-0.25, -0.2) is 4.79 Å². The first kappa shape index (κ1) is 19.3. The van der Waals surface area contributed by atoms with Crippen molar-refractivity contribution in [3.8, 4) is 5.75 Å². The van der Waals surface area contributed by atoms with Crippen molar-refractivity contribution in [3.05, 3.63) is 53.1 Å². The molecule has 0 saturated carbocycles. The summed E-state index contributed by atoms with van der Waals surface area (Å²) in [4.78, 5) is 35.5. The SMILES string of the molecule is COC(=O)c1cccc(NC(=O)CC(=O)Nc2ccc(OC)c(Cl)c2)c1. The number of carbonyl (C=O) groups is 3. The quantitative estimate of drug-likeness (QED) is 0.596. The standard InChI is InChI=1S/C18H17ClN2O5/c1-25-15-7-6-13(9-14(15)19)21-17(23)10-16(22)20-12-5-3-4-11(8-12)18(24)26-2/h3-9H,10H2,1-2H3,(H,20,22)(H,21,23). The van der Waals surface area contributed by atoms with E-state index >= 15 is 0 Å². The van der Waals surface area contributed by atoms with Gasteiger partial charge in [0.15, 0.2) is 0 Å². The van der Waals surface area contributed by atoms with Crippen molar-refractivity contribution < 1.29 is 23.9 Å². The number of methoxy groups -OCH3 is 2. The van der Waals surface area contributed by atoms with Crippen LogP contribution in [0.15, 0.2) is 42.5 Å². The van der Waals surface area contributed by atoms with Gasteiger partial charge in [-0.3, -0.25) is 9.59 Å². The molecule has 0 aliphatic rings. The molecule has 8 heteroatoms. The summed E-state index contributed by atoms with van der Waals surface area (Å²) in [6.07, 6.45) is -0.397. The summed E-state index contributed by atoms with van der Waals surface area (Å²) in [7, 11) is 2.75. The summed E-state index contributed by atoms with van der Waals surface area (Å²) in [5, 5.41) is 5.47. The predicted octanol–water partition coefficient (Wildman–Crippen LogP) is 3.10. The molecule has 136 valence electrons. The van der Waals surface area contributed by atoms with E-state index in [1.807, 2.05) is 0 Å². The van der Waals surface area contributed by atoms with Crippen molar-refractivity contribution in [1.29, 1.82) is 0 Å². The number of halogens is 1. The van der Waals surface area contributed by atoms with E-state index < -0.39 is 24.2 Å². The number of nitrogens with one attached hydrogen (secondary N) is 2. The molecule has 2 aromatic rings. The minimum absolute atomic E-state index is 0.294. The molecule has 0 aromatic heterocycles. The summed E-state index contributed by atoms with van der Waals surface area (Å²) in [5.41, 5.74) is 1.13. The van der Waals surface area contributed by atoms with Gasteiger partial charge in [-0.15, -0.1) is 0 Å². The number of anilines is 2. The molecule has 2 aromatic carbocycles. The molecule has 0 atom stereocenters. The second-order valence-electron chi connectivity index (χ2n) is 5.19. The van der Waals surface area contributed by atoms with Crippen LogP contribution in [-0.2, 0) is 14.3 Å². The second-order valence-corrected chi connectivity index (χ2v) is 5.60. The zero-order valence-electron chi connectivity index (χ0n) is 14.2. The van der Waals surface area contributed by atoms with Crippen molar-refractivity contribution in [3.63, 3.8) is 0 Å². The lowest BCUT2D eigenvalue weighted by Crippen LogP contribution is -2.21. The van der Waals surface area contributed by atoms with E-state index in [9.17, 15) is 14.4 Å². The first-order valence-electron chi connectivity index (χ1n) is 7.54. The maximum Gasteiger partial charge on any atom is 0.337 e. The van der Waals surface area contributed by atoms with Crippen LogP contribution >= 0.6 is 11.6 Å². The average Bonchev–Trinajstić information content (AvgIpc) is 2.61. The van der Waals surface area contributed by atoms with Gasteiger partial charge in [-0.2, -0.15) is 0 Å². The maximum absolute atomic E-state index is 12.0. The summed E-state index contributed by atoms with van der Waals surface area (Å²) in [5.74, 6) is -1.07. The fourth-order valence-electron chi connectivity index (χ4n) is 2.14. The van der Waals surface area contributed by atoms with Crippen LogP contribution in [0.3, 0.4) is 0 Å². The van der Waals surface area contributed by atoms with Gasteiger partial charge in [-0.05, 0) is 36.4 Å². The Morgan fingerprint density at radius 3 is 2.19 bits per heavy atom. The van der Waals surface area contributed by atoms with Gasteiger partial charge < -0.3 is 20.1 Å². The molecule has 2 amide bonds. The number of hydrogen-bond acceptors (Lipinski definition) is 5. The summed E-state index contributed by atoms with van der Waals surface area (Å²) in [6.45, 7) is 0. The lowest BCUT2D eigenvalue weighted by molar-refractivity contribution is -0.123. The monoisotopic (exact) mass is 376 g/mol. The fourth-order valence-corrected chi connectivity index (χ4v) is 2.40. The number of amides is 2. The number of carbonyl (C=O) groups excluding carboxylic acids is 3. The van der Waals surface area contributed by atoms with Crippen molar-refractivity contribution in [2.45, 2.75) is 6.42 Å². The molecule has 0 radical (unpaired) electrons. The predicted molar refractivity (Wildman–Crippen MR) is 97.7 cm³/mol. The highest BCUT2D eigenvalue weighted by Gasteiger charge is 2.12. The Balaban J connectivity index is 1.94. The molecule has 0 spiro atoms. The van der Waals surface area contributed by atoms with E-state index in [0.717, 1.165) is 0 Å². The van der Waals surface area contributed by atoms with Gasteiger partial charge in [-0.1, -0.05) is 17.7 Å². The van der Waals surface area contributed by atoms with E-state index in [-0.39, 0.29) is 0 Å².